The minimum Gasteiger partial charge on any atom is -0.493 e. The lowest BCUT2D eigenvalue weighted by atomic mass is 10.1. The van der Waals surface area contributed by atoms with Crippen LogP contribution in [-0.4, -0.2) is 20.6 Å². The second-order valence-corrected chi connectivity index (χ2v) is 7.59. The van der Waals surface area contributed by atoms with Crippen molar-refractivity contribution < 1.29 is 14.3 Å². The van der Waals surface area contributed by atoms with E-state index >= 15 is 0 Å². The van der Waals surface area contributed by atoms with E-state index in [1.807, 2.05) is 12.3 Å². The molecular weight excluding hydrogens is 387 g/mol. The highest BCUT2D eigenvalue weighted by atomic mass is 32.1. The molecule has 0 atom stereocenters. The highest BCUT2D eigenvalue weighted by Gasteiger charge is 2.25. The number of aromatic hydroxyl groups is 1. The summed E-state index contributed by atoms with van der Waals surface area (Å²) in [4.78, 5) is 25.9. The van der Waals surface area contributed by atoms with E-state index in [1.165, 1.54) is 34.1 Å². The molecule has 1 aliphatic rings. The monoisotopic (exact) mass is 400 g/mol. The van der Waals surface area contributed by atoms with Gasteiger partial charge in [0.05, 0.1) is 16.6 Å². The van der Waals surface area contributed by atoms with E-state index < -0.39 is 11.7 Å². The maximum atomic E-state index is 13.7. The summed E-state index contributed by atoms with van der Waals surface area (Å²) in [6, 6.07) is 3.94. The van der Waals surface area contributed by atoms with Crippen molar-refractivity contribution in [1.82, 2.24) is 9.55 Å². The molecule has 0 saturated heterocycles. The van der Waals surface area contributed by atoms with E-state index in [4.69, 9.17) is 0 Å². The van der Waals surface area contributed by atoms with Crippen LogP contribution in [-0.2, 0) is 11.3 Å². The Morgan fingerprint density at radius 2 is 2.26 bits per heavy atom. The fourth-order valence-electron chi connectivity index (χ4n) is 2.73. The smallest absolute Gasteiger partial charge is 0.279 e. The minimum atomic E-state index is -0.519. The molecule has 0 spiro atoms. The molecular formula is C18H13FN4O2S2. The molecule has 2 aromatic heterocycles. The number of amides is 1. The third kappa shape index (κ3) is 3.04. The summed E-state index contributed by atoms with van der Waals surface area (Å²) in [5.41, 5.74) is 1.01. The molecule has 0 fully saturated rings. The summed E-state index contributed by atoms with van der Waals surface area (Å²) in [6.45, 7) is 5.85. The Morgan fingerprint density at radius 3 is 2.96 bits per heavy atom. The van der Waals surface area contributed by atoms with Gasteiger partial charge in [-0.2, -0.15) is 4.99 Å². The first kappa shape index (κ1) is 17.5. The van der Waals surface area contributed by atoms with Crippen LogP contribution >= 0.6 is 22.7 Å². The number of nitrogens with zero attached hydrogens (tertiary/aromatic N) is 4. The first-order valence-corrected chi connectivity index (χ1v) is 9.61. The van der Waals surface area contributed by atoms with Crippen LogP contribution in [0.2, 0.25) is 0 Å². The van der Waals surface area contributed by atoms with Crippen molar-refractivity contribution in [3.05, 3.63) is 68.0 Å². The number of allylic oxidation sites excluding steroid dienone is 1. The van der Waals surface area contributed by atoms with Gasteiger partial charge in [-0.25, -0.2) is 14.4 Å². The molecule has 1 aromatic carbocycles. The quantitative estimate of drug-likeness (QED) is 0.680. The molecule has 3 heterocycles. The molecule has 0 radical (unpaired) electrons. The first-order valence-electron chi connectivity index (χ1n) is 7.91. The van der Waals surface area contributed by atoms with Gasteiger partial charge in [0.25, 0.3) is 5.91 Å². The van der Waals surface area contributed by atoms with E-state index in [2.05, 4.69) is 21.5 Å². The number of carbonyl (C=O) groups is 1. The molecule has 0 bridgehead atoms. The average Bonchev–Trinajstić information content (AvgIpc) is 3.26. The summed E-state index contributed by atoms with van der Waals surface area (Å²) in [5.74, 6) is -1.13. The zero-order valence-corrected chi connectivity index (χ0v) is 15.8. The lowest BCUT2D eigenvalue weighted by molar-refractivity contribution is -0.112. The van der Waals surface area contributed by atoms with Gasteiger partial charge in [0, 0.05) is 17.1 Å². The summed E-state index contributed by atoms with van der Waals surface area (Å²) < 4.78 is 15.2. The van der Waals surface area contributed by atoms with Crippen molar-refractivity contribution in [2.24, 2.45) is 9.98 Å². The Morgan fingerprint density at radius 1 is 1.44 bits per heavy atom. The van der Waals surface area contributed by atoms with Crippen molar-refractivity contribution in [2.75, 3.05) is 0 Å². The Balaban J connectivity index is 2.01. The van der Waals surface area contributed by atoms with E-state index in [1.54, 1.807) is 6.08 Å². The number of rotatable bonds is 4. The van der Waals surface area contributed by atoms with Gasteiger partial charge in [-0.05, 0) is 25.1 Å². The van der Waals surface area contributed by atoms with E-state index in [0.29, 0.717) is 31.9 Å². The van der Waals surface area contributed by atoms with E-state index in [0.717, 1.165) is 17.0 Å². The lowest BCUT2D eigenvalue weighted by Crippen LogP contribution is -2.23. The Labute approximate surface area is 160 Å². The van der Waals surface area contributed by atoms with E-state index in [9.17, 15) is 14.3 Å². The molecule has 0 saturated carbocycles. The van der Waals surface area contributed by atoms with Gasteiger partial charge in [0.15, 0.2) is 4.80 Å². The molecule has 1 N–H and O–H groups in total. The topological polar surface area (TPSA) is 79.8 Å². The van der Waals surface area contributed by atoms with Gasteiger partial charge in [0.1, 0.15) is 10.7 Å². The van der Waals surface area contributed by atoms with Crippen LogP contribution in [0.5, 0.6) is 5.88 Å². The first-order chi connectivity index (χ1) is 13.0. The Hall–Kier alpha value is -2.91. The number of benzene rings is 1. The van der Waals surface area contributed by atoms with Crippen LogP contribution in [0.15, 0.2) is 46.2 Å². The zero-order valence-electron chi connectivity index (χ0n) is 14.1. The van der Waals surface area contributed by atoms with Gasteiger partial charge >= 0.3 is 0 Å². The Kier molecular flexibility index (Phi) is 4.33. The molecule has 9 heteroatoms. The number of fused-ring (bicyclic) bond motifs is 1. The van der Waals surface area contributed by atoms with Crippen LogP contribution < -0.4 is 15.4 Å². The summed E-state index contributed by atoms with van der Waals surface area (Å²) in [7, 11) is 0. The highest BCUT2D eigenvalue weighted by molar-refractivity contribution is 7.13. The molecule has 4 rings (SSSR count). The van der Waals surface area contributed by atoms with Crippen molar-refractivity contribution in [3.63, 3.8) is 0 Å². The fourth-order valence-corrected chi connectivity index (χ4v) is 4.53. The highest BCUT2D eigenvalue weighted by Crippen LogP contribution is 2.29. The van der Waals surface area contributed by atoms with Crippen molar-refractivity contribution in [1.29, 1.82) is 0 Å². The van der Waals surface area contributed by atoms with Crippen LogP contribution in [0.25, 0.3) is 5.57 Å². The normalized spacial score (nSPS) is 13.8. The van der Waals surface area contributed by atoms with Crippen molar-refractivity contribution >= 4 is 39.3 Å². The number of halogens is 1. The molecule has 136 valence electrons. The number of aryl methyl sites for hydroxylation is 1. The van der Waals surface area contributed by atoms with Crippen LogP contribution in [0, 0.1) is 12.7 Å². The SMILES string of the molecule is C=CCn1c(O)c(C2=c3cc(F)ccc3=NC2=O)s/c1=N/c1nc(C)cs1. The number of hydrogen-bond donors (Lipinski definition) is 1. The molecule has 1 amide bonds. The predicted octanol–water partition coefficient (Wildman–Crippen LogP) is 1.94. The molecule has 3 aromatic rings. The van der Waals surface area contributed by atoms with E-state index in [-0.39, 0.29) is 11.5 Å². The lowest BCUT2D eigenvalue weighted by Gasteiger charge is -2.01. The largest absolute Gasteiger partial charge is 0.493 e. The summed E-state index contributed by atoms with van der Waals surface area (Å²) >= 11 is 2.50. The van der Waals surface area contributed by atoms with Crippen molar-refractivity contribution in [3.8, 4) is 5.88 Å². The molecule has 0 aliphatic carbocycles. The van der Waals surface area contributed by atoms with Gasteiger partial charge in [-0.1, -0.05) is 17.4 Å². The second-order valence-electron chi connectivity index (χ2n) is 5.77. The number of thiazole rings is 2. The summed E-state index contributed by atoms with van der Waals surface area (Å²) in [6.07, 6.45) is 1.61. The third-order valence-corrected chi connectivity index (χ3v) is 5.82. The molecule has 6 nitrogen and oxygen atoms in total. The standard InChI is InChI=1S/C18H13FN4O2S2/c1-3-6-23-16(25)14(27-18(23)22-17-20-9(2)8-26-17)13-11-7-10(19)4-5-12(11)21-15(13)24/h3-5,7-8,25H,1,6H2,2H3/b22-18+. The Bertz CT molecular complexity index is 1280. The van der Waals surface area contributed by atoms with Crippen LogP contribution in [0.3, 0.4) is 0 Å². The number of carbonyl (C=O) groups excluding carboxylic acids is 1. The molecule has 1 aliphatic heterocycles. The minimum absolute atomic E-state index is 0.136. The maximum Gasteiger partial charge on any atom is 0.279 e. The predicted molar refractivity (Wildman–Crippen MR) is 101 cm³/mol. The second kappa shape index (κ2) is 6.67. The molecule has 0 unspecified atom stereocenters. The van der Waals surface area contributed by atoms with Gasteiger partial charge in [-0.15, -0.1) is 17.9 Å². The van der Waals surface area contributed by atoms with Gasteiger partial charge in [0.2, 0.25) is 11.0 Å². The van der Waals surface area contributed by atoms with Gasteiger partial charge < -0.3 is 5.11 Å². The summed E-state index contributed by atoms with van der Waals surface area (Å²) in [5, 5.41) is 13.9. The van der Waals surface area contributed by atoms with Crippen molar-refractivity contribution in [2.45, 2.75) is 13.5 Å². The maximum absolute atomic E-state index is 13.7. The zero-order chi connectivity index (χ0) is 19.1. The fraction of sp³-hybridized carbons (Fsp3) is 0.111. The third-order valence-electron chi connectivity index (χ3n) is 3.88. The van der Waals surface area contributed by atoms with Crippen LogP contribution in [0.4, 0.5) is 9.52 Å². The molecule has 27 heavy (non-hydrogen) atoms. The van der Waals surface area contributed by atoms with Gasteiger partial charge in [-0.3, -0.25) is 9.36 Å². The number of aromatic nitrogens is 2. The average molecular weight is 400 g/mol. The van der Waals surface area contributed by atoms with Crippen LogP contribution in [0.1, 0.15) is 10.6 Å². The number of hydrogen-bond acceptors (Lipinski definition) is 6.